The fourth-order valence-corrected chi connectivity index (χ4v) is 3.73. The molecule has 2 fully saturated rings. The molecule has 0 aromatic carbocycles. The van der Waals surface area contributed by atoms with Gasteiger partial charge in [0.2, 0.25) is 0 Å². The minimum Gasteiger partial charge on any atom is -0.386 e. The van der Waals surface area contributed by atoms with Gasteiger partial charge in [0, 0.05) is 0 Å². The molecule has 0 aromatic heterocycles. The van der Waals surface area contributed by atoms with Gasteiger partial charge in [0.15, 0.2) is 0 Å². The van der Waals surface area contributed by atoms with Gasteiger partial charge in [-0.05, 0) is 55.8 Å². The van der Waals surface area contributed by atoms with Gasteiger partial charge in [0.25, 0.3) is 0 Å². The summed E-state index contributed by atoms with van der Waals surface area (Å²) >= 11 is 0. The fraction of sp³-hybridized carbons (Fsp3) is 0.857. The Labute approximate surface area is 92.6 Å². The van der Waals surface area contributed by atoms with Crippen molar-refractivity contribution < 1.29 is 5.11 Å². The van der Waals surface area contributed by atoms with Crippen LogP contribution in [0, 0.1) is 17.3 Å². The normalized spacial score (nSPS) is 43.7. The van der Waals surface area contributed by atoms with Gasteiger partial charge in [-0.15, -0.1) is 0 Å². The molecule has 2 saturated carbocycles. The standard InChI is InChI=1S/C14H22O/c1-11-3-7-14(15,8-4-11)12-9-13(10-12)5-2-6-13/h3,7,11-12,15H,2,4-6,8-10H2,1H3. The zero-order chi connectivity index (χ0) is 10.5. The summed E-state index contributed by atoms with van der Waals surface area (Å²) < 4.78 is 0. The van der Waals surface area contributed by atoms with Gasteiger partial charge in [-0.2, -0.15) is 0 Å². The predicted molar refractivity (Wildman–Crippen MR) is 61.5 cm³/mol. The first-order valence-corrected chi connectivity index (χ1v) is 6.54. The molecule has 0 radical (unpaired) electrons. The summed E-state index contributed by atoms with van der Waals surface area (Å²) in [5.41, 5.74) is 0.255. The monoisotopic (exact) mass is 206 g/mol. The van der Waals surface area contributed by atoms with Crippen LogP contribution in [0.4, 0.5) is 0 Å². The van der Waals surface area contributed by atoms with Crippen molar-refractivity contribution in [1.29, 1.82) is 0 Å². The van der Waals surface area contributed by atoms with Crippen LogP contribution in [0.15, 0.2) is 12.2 Å². The van der Waals surface area contributed by atoms with E-state index < -0.39 is 5.60 Å². The average Bonchev–Trinajstić information content (AvgIpc) is 2.06. The molecule has 2 unspecified atom stereocenters. The second kappa shape index (κ2) is 3.10. The Morgan fingerprint density at radius 1 is 1.20 bits per heavy atom. The Morgan fingerprint density at radius 3 is 2.40 bits per heavy atom. The molecule has 0 aliphatic heterocycles. The lowest BCUT2D eigenvalue weighted by atomic mass is 9.48. The van der Waals surface area contributed by atoms with Gasteiger partial charge in [-0.25, -0.2) is 0 Å². The Balaban J connectivity index is 1.65. The Bertz CT molecular complexity index is 282. The van der Waals surface area contributed by atoms with E-state index >= 15 is 0 Å². The van der Waals surface area contributed by atoms with E-state index in [-0.39, 0.29) is 0 Å². The van der Waals surface area contributed by atoms with Crippen LogP contribution in [-0.2, 0) is 0 Å². The average molecular weight is 206 g/mol. The number of aliphatic hydroxyl groups is 1. The van der Waals surface area contributed by atoms with Crippen molar-refractivity contribution in [2.24, 2.45) is 17.3 Å². The van der Waals surface area contributed by atoms with E-state index in [4.69, 9.17) is 0 Å². The van der Waals surface area contributed by atoms with Gasteiger partial charge >= 0.3 is 0 Å². The zero-order valence-electron chi connectivity index (χ0n) is 9.71. The molecule has 15 heavy (non-hydrogen) atoms. The van der Waals surface area contributed by atoms with E-state index in [1.165, 1.54) is 32.1 Å². The number of hydrogen-bond donors (Lipinski definition) is 1. The first-order valence-electron chi connectivity index (χ1n) is 6.54. The summed E-state index contributed by atoms with van der Waals surface area (Å²) in [5.74, 6) is 1.24. The lowest BCUT2D eigenvalue weighted by Gasteiger charge is -2.58. The maximum absolute atomic E-state index is 10.6. The van der Waals surface area contributed by atoms with Crippen LogP contribution in [0.3, 0.4) is 0 Å². The maximum Gasteiger partial charge on any atom is 0.0856 e. The van der Waals surface area contributed by atoms with Crippen LogP contribution in [0.5, 0.6) is 0 Å². The molecule has 0 saturated heterocycles. The highest BCUT2D eigenvalue weighted by Crippen LogP contribution is 2.62. The van der Waals surface area contributed by atoms with E-state index in [0.717, 1.165) is 12.8 Å². The summed E-state index contributed by atoms with van der Waals surface area (Å²) in [5, 5.41) is 10.6. The van der Waals surface area contributed by atoms with E-state index in [0.29, 0.717) is 17.3 Å². The van der Waals surface area contributed by atoms with Gasteiger partial charge < -0.3 is 5.11 Å². The molecule has 0 bridgehead atoms. The molecule has 3 aliphatic carbocycles. The SMILES string of the molecule is CC1C=CC(O)(C2CC3(CCC3)C2)CC1. The maximum atomic E-state index is 10.6. The van der Waals surface area contributed by atoms with Crippen LogP contribution >= 0.6 is 0 Å². The first-order chi connectivity index (χ1) is 7.12. The molecule has 1 spiro atoms. The van der Waals surface area contributed by atoms with Crippen molar-refractivity contribution in [2.75, 3.05) is 0 Å². The highest BCUT2D eigenvalue weighted by Gasteiger charge is 2.54. The summed E-state index contributed by atoms with van der Waals surface area (Å²) in [6.45, 7) is 2.24. The molecule has 1 heteroatoms. The molecular formula is C14H22O. The van der Waals surface area contributed by atoms with Gasteiger partial charge in [-0.3, -0.25) is 0 Å². The molecule has 2 atom stereocenters. The third-order valence-corrected chi connectivity index (χ3v) is 5.19. The van der Waals surface area contributed by atoms with Crippen molar-refractivity contribution in [2.45, 2.75) is 57.5 Å². The molecule has 0 heterocycles. The number of hydrogen-bond acceptors (Lipinski definition) is 1. The van der Waals surface area contributed by atoms with E-state index in [1.54, 1.807) is 0 Å². The van der Waals surface area contributed by atoms with Crippen molar-refractivity contribution in [3.05, 3.63) is 12.2 Å². The molecule has 0 amide bonds. The van der Waals surface area contributed by atoms with Gasteiger partial charge in [0.05, 0.1) is 5.60 Å². The molecule has 1 nitrogen and oxygen atoms in total. The first kappa shape index (κ1) is 9.89. The smallest absolute Gasteiger partial charge is 0.0856 e. The fourth-order valence-electron chi connectivity index (χ4n) is 3.73. The molecular weight excluding hydrogens is 184 g/mol. The Hall–Kier alpha value is -0.300. The third-order valence-electron chi connectivity index (χ3n) is 5.19. The quantitative estimate of drug-likeness (QED) is 0.653. The largest absolute Gasteiger partial charge is 0.386 e. The minimum atomic E-state index is -0.437. The van der Waals surface area contributed by atoms with Gasteiger partial charge in [0.1, 0.15) is 0 Å². The highest BCUT2D eigenvalue weighted by molar-refractivity contribution is 5.15. The van der Waals surface area contributed by atoms with Crippen LogP contribution in [0.1, 0.15) is 51.9 Å². The van der Waals surface area contributed by atoms with Crippen molar-refractivity contribution in [3.8, 4) is 0 Å². The van der Waals surface area contributed by atoms with E-state index in [9.17, 15) is 5.11 Å². The third kappa shape index (κ3) is 1.47. The molecule has 0 aromatic rings. The van der Waals surface area contributed by atoms with Crippen LogP contribution < -0.4 is 0 Å². The van der Waals surface area contributed by atoms with E-state index in [2.05, 4.69) is 19.1 Å². The topological polar surface area (TPSA) is 20.2 Å². The van der Waals surface area contributed by atoms with Crippen LogP contribution in [0.2, 0.25) is 0 Å². The summed E-state index contributed by atoms with van der Waals surface area (Å²) in [6, 6.07) is 0. The number of rotatable bonds is 1. The van der Waals surface area contributed by atoms with Crippen LogP contribution in [-0.4, -0.2) is 10.7 Å². The van der Waals surface area contributed by atoms with Gasteiger partial charge in [-0.1, -0.05) is 25.5 Å². The molecule has 3 rings (SSSR count). The lowest BCUT2D eigenvalue weighted by Crippen LogP contribution is -2.53. The number of allylic oxidation sites excluding steroid dienone is 1. The Kier molecular flexibility index (Phi) is 2.04. The molecule has 3 aliphatic rings. The summed E-state index contributed by atoms with van der Waals surface area (Å²) in [4.78, 5) is 0. The minimum absolute atomic E-state index is 0.437. The molecule has 1 N–H and O–H groups in total. The second-order valence-electron chi connectivity index (χ2n) is 6.33. The summed E-state index contributed by atoms with van der Waals surface area (Å²) in [6.07, 6.45) is 13.4. The van der Waals surface area contributed by atoms with Crippen LogP contribution in [0.25, 0.3) is 0 Å². The van der Waals surface area contributed by atoms with Crippen molar-refractivity contribution >= 4 is 0 Å². The highest BCUT2D eigenvalue weighted by atomic mass is 16.3. The molecule has 84 valence electrons. The second-order valence-corrected chi connectivity index (χ2v) is 6.33. The van der Waals surface area contributed by atoms with Crippen molar-refractivity contribution in [3.63, 3.8) is 0 Å². The lowest BCUT2D eigenvalue weighted by molar-refractivity contribution is -0.118. The van der Waals surface area contributed by atoms with E-state index in [1.807, 2.05) is 0 Å². The zero-order valence-corrected chi connectivity index (χ0v) is 9.71. The Morgan fingerprint density at radius 2 is 1.93 bits per heavy atom. The summed E-state index contributed by atoms with van der Waals surface area (Å²) in [7, 11) is 0. The van der Waals surface area contributed by atoms with Crippen molar-refractivity contribution in [1.82, 2.24) is 0 Å². The predicted octanol–water partition coefficient (Wildman–Crippen LogP) is 3.28.